The monoisotopic (exact) mass is 177 g/mol. The molecule has 0 aromatic heterocycles. The van der Waals surface area contributed by atoms with Gasteiger partial charge in [0.2, 0.25) is 0 Å². The first-order chi connectivity index (χ1) is 6.30. The number of allylic oxidation sites excluding steroid dienone is 2. The van der Waals surface area contributed by atoms with Gasteiger partial charge >= 0.3 is 0 Å². The van der Waals surface area contributed by atoms with Gasteiger partial charge in [-0.1, -0.05) is 12.2 Å². The Morgan fingerprint density at radius 1 is 1.62 bits per heavy atom. The van der Waals surface area contributed by atoms with E-state index >= 15 is 0 Å². The van der Waals surface area contributed by atoms with Gasteiger partial charge in [-0.2, -0.15) is 5.26 Å². The molecular formula is C11H15NO. The maximum absolute atomic E-state index is 9.20. The van der Waals surface area contributed by atoms with Gasteiger partial charge in [0.1, 0.15) is 0 Å². The van der Waals surface area contributed by atoms with Crippen LogP contribution in [0.3, 0.4) is 0 Å². The second kappa shape index (κ2) is 3.16. The van der Waals surface area contributed by atoms with E-state index in [2.05, 4.69) is 12.1 Å². The van der Waals surface area contributed by atoms with Crippen molar-refractivity contribution in [1.82, 2.24) is 0 Å². The maximum Gasteiger partial charge on any atom is 0.0893 e. The molecule has 2 rings (SSSR count). The van der Waals surface area contributed by atoms with Crippen molar-refractivity contribution >= 4 is 0 Å². The summed E-state index contributed by atoms with van der Waals surface area (Å²) in [5.74, 6) is 0. The second-order valence-electron chi connectivity index (χ2n) is 4.07. The summed E-state index contributed by atoms with van der Waals surface area (Å²) in [6.07, 6.45) is 8.73. The molecule has 2 bridgehead atoms. The lowest BCUT2D eigenvalue weighted by Gasteiger charge is -2.26. The molecule has 0 aliphatic carbocycles. The summed E-state index contributed by atoms with van der Waals surface area (Å²) < 4.78 is 5.72. The van der Waals surface area contributed by atoms with Gasteiger partial charge in [-0.15, -0.1) is 0 Å². The Kier molecular flexibility index (Phi) is 2.13. The van der Waals surface area contributed by atoms with Gasteiger partial charge in [0.25, 0.3) is 0 Å². The Morgan fingerprint density at radius 2 is 2.46 bits per heavy atom. The van der Waals surface area contributed by atoms with Crippen LogP contribution in [0.4, 0.5) is 0 Å². The summed E-state index contributed by atoms with van der Waals surface area (Å²) in [7, 11) is 0. The molecule has 2 aliphatic heterocycles. The highest BCUT2D eigenvalue weighted by molar-refractivity contribution is 5.14. The molecule has 0 aromatic rings. The van der Waals surface area contributed by atoms with Crippen molar-refractivity contribution in [3.05, 3.63) is 12.2 Å². The highest BCUT2D eigenvalue weighted by Gasteiger charge is 2.52. The molecular weight excluding hydrogens is 162 g/mol. The van der Waals surface area contributed by atoms with Crippen LogP contribution in [-0.2, 0) is 4.74 Å². The Morgan fingerprint density at radius 3 is 2.92 bits per heavy atom. The van der Waals surface area contributed by atoms with Gasteiger partial charge in [0.15, 0.2) is 0 Å². The minimum atomic E-state index is -0.199. The molecule has 0 N–H and O–H groups in total. The number of hydrogen-bond acceptors (Lipinski definition) is 2. The van der Waals surface area contributed by atoms with E-state index in [1.54, 1.807) is 0 Å². The topological polar surface area (TPSA) is 33.0 Å². The fourth-order valence-electron chi connectivity index (χ4n) is 2.51. The van der Waals surface area contributed by atoms with Crippen LogP contribution in [-0.4, -0.2) is 12.2 Å². The van der Waals surface area contributed by atoms with Crippen LogP contribution in [0.2, 0.25) is 0 Å². The largest absolute Gasteiger partial charge is 0.373 e. The predicted molar refractivity (Wildman–Crippen MR) is 50.0 cm³/mol. The van der Waals surface area contributed by atoms with Crippen molar-refractivity contribution in [2.24, 2.45) is 5.41 Å². The first-order valence-electron chi connectivity index (χ1n) is 4.98. The Bertz CT molecular complexity index is 266. The van der Waals surface area contributed by atoms with E-state index in [-0.39, 0.29) is 11.5 Å². The van der Waals surface area contributed by atoms with Gasteiger partial charge in [0, 0.05) is 0 Å². The van der Waals surface area contributed by atoms with Gasteiger partial charge in [-0.05, 0) is 32.6 Å². The van der Waals surface area contributed by atoms with Crippen LogP contribution in [0.5, 0.6) is 0 Å². The van der Waals surface area contributed by atoms with Crippen LogP contribution in [0.25, 0.3) is 0 Å². The third-order valence-electron chi connectivity index (χ3n) is 3.26. The summed E-state index contributed by atoms with van der Waals surface area (Å²) in [6, 6.07) is 2.47. The molecule has 13 heavy (non-hydrogen) atoms. The van der Waals surface area contributed by atoms with Crippen LogP contribution >= 0.6 is 0 Å². The van der Waals surface area contributed by atoms with Gasteiger partial charge in [-0.3, -0.25) is 0 Å². The van der Waals surface area contributed by atoms with Crippen molar-refractivity contribution < 1.29 is 4.74 Å². The molecule has 0 radical (unpaired) electrons. The van der Waals surface area contributed by atoms with E-state index < -0.39 is 0 Å². The van der Waals surface area contributed by atoms with Crippen molar-refractivity contribution in [1.29, 1.82) is 5.26 Å². The molecule has 0 spiro atoms. The van der Waals surface area contributed by atoms with Crippen LogP contribution in [0.15, 0.2) is 12.2 Å². The summed E-state index contributed by atoms with van der Waals surface area (Å²) in [5.41, 5.74) is -0.199. The lowest BCUT2D eigenvalue weighted by molar-refractivity contribution is 0.0794. The molecule has 3 atom stereocenters. The fraction of sp³-hybridized carbons (Fsp3) is 0.727. The normalized spacial score (nSPS) is 42.8. The zero-order valence-corrected chi connectivity index (χ0v) is 7.99. The number of rotatable bonds is 2. The van der Waals surface area contributed by atoms with E-state index in [1.165, 1.54) is 0 Å². The highest BCUT2D eigenvalue weighted by atomic mass is 16.5. The summed E-state index contributed by atoms with van der Waals surface area (Å²) in [5, 5.41) is 9.20. The number of hydrogen-bond donors (Lipinski definition) is 0. The molecule has 2 aliphatic rings. The molecule has 70 valence electrons. The minimum Gasteiger partial charge on any atom is -0.373 e. The quantitative estimate of drug-likeness (QED) is 0.607. The van der Waals surface area contributed by atoms with Gasteiger partial charge in [0.05, 0.1) is 23.7 Å². The van der Waals surface area contributed by atoms with Crippen molar-refractivity contribution in [3.8, 4) is 6.07 Å². The van der Waals surface area contributed by atoms with E-state index in [9.17, 15) is 5.26 Å². The van der Waals surface area contributed by atoms with E-state index in [4.69, 9.17) is 4.74 Å². The molecule has 2 heteroatoms. The number of nitrogens with zero attached hydrogens (tertiary/aromatic N) is 1. The SMILES string of the molecule is C/C=C/CC1(C#N)CC2CCC1O2. The van der Waals surface area contributed by atoms with Gasteiger partial charge < -0.3 is 4.74 Å². The Labute approximate surface area is 79.2 Å². The maximum atomic E-state index is 9.20. The van der Waals surface area contributed by atoms with E-state index in [0.717, 1.165) is 25.7 Å². The first-order valence-corrected chi connectivity index (χ1v) is 4.98. The lowest BCUT2D eigenvalue weighted by atomic mass is 9.73. The highest BCUT2D eigenvalue weighted by Crippen LogP contribution is 2.49. The third kappa shape index (κ3) is 1.28. The molecule has 2 fully saturated rings. The first kappa shape index (κ1) is 8.77. The molecule has 0 saturated carbocycles. The van der Waals surface area contributed by atoms with Crippen molar-refractivity contribution in [3.63, 3.8) is 0 Å². The van der Waals surface area contributed by atoms with Crippen LogP contribution in [0, 0.1) is 16.7 Å². The van der Waals surface area contributed by atoms with Crippen LogP contribution < -0.4 is 0 Å². The van der Waals surface area contributed by atoms with E-state index in [0.29, 0.717) is 6.10 Å². The molecule has 3 unspecified atom stereocenters. The zero-order chi connectivity index (χ0) is 9.31. The van der Waals surface area contributed by atoms with Gasteiger partial charge in [-0.25, -0.2) is 0 Å². The summed E-state index contributed by atoms with van der Waals surface area (Å²) in [4.78, 5) is 0. The average molecular weight is 177 g/mol. The van der Waals surface area contributed by atoms with Crippen molar-refractivity contribution in [2.45, 2.75) is 44.8 Å². The molecule has 2 heterocycles. The second-order valence-corrected chi connectivity index (χ2v) is 4.07. The molecule has 0 amide bonds. The average Bonchev–Trinajstić information content (AvgIpc) is 2.74. The summed E-state index contributed by atoms with van der Waals surface area (Å²) in [6.45, 7) is 2.00. The zero-order valence-electron chi connectivity index (χ0n) is 7.99. The number of ether oxygens (including phenoxy) is 1. The van der Waals surface area contributed by atoms with Crippen LogP contribution in [0.1, 0.15) is 32.6 Å². The predicted octanol–water partition coefficient (Wildman–Crippen LogP) is 2.41. The number of nitriles is 1. The van der Waals surface area contributed by atoms with E-state index in [1.807, 2.05) is 13.0 Å². The Hall–Kier alpha value is -0.810. The molecule has 0 aromatic carbocycles. The smallest absolute Gasteiger partial charge is 0.0893 e. The fourth-order valence-corrected chi connectivity index (χ4v) is 2.51. The summed E-state index contributed by atoms with van der Waals surface area (Å²) >= 11 is 0. The lowest BCUT2D eigenvalue weighted by Crippen LogP contribution is -2.30. The Balaban J connectivity index is 2.13. The number of fused-ring (bicyclic) bond motifs is 2. The molecule has 2 nitrogen and oxygen atoms in total. The van der Waals surface area contributed by atoms with Crippen molar-refractivity contribution in [2.75, 3.05) is 0 Å². The molecule has 2 saturated heterocycles. The third-order valence-corrected chi connectivity index (χ3v) is 3.26. The standard InChI is InChI=1S/C11H15NO/c1-2-3-6-11(8-12)7-9-4-5-10(11)13-9/h2-3,9-10H,4-7H2,1H3/b3-2+. The minimum absolute atomic E-state index is 0.199.